The van der Waals surface area contributed by atoms with Crippen molar-refractivity contribution in [3.8, 4) is 0 Å². The fourth-order valence-electron chi connectivity index (χ4n) is 2.15. The van der Waals surface area contributed by atoms with Crippen molar-refractivity contribution in [1.29, 1.82) is 0 Å². The Balaban J connectivity index is 2.19. The van der Waals surface area contributed by atoms with Gasteiger partial charge < -0.3 is 9.32 Å². The minimum Gasteiger partial charge on any atom is -0.468 e. The van der Waals surface area contributed by atoms with Gasteiger partial charge in [-0.2, -0.15) is 0 Å². The van der Waals surface area contributed by atoms with E-state index in [9.17, 15) is 13.2 Å². The average molecular weight is 336 g/mol. The van der Waals surface area contributed by atoms with Crippen LogP contribution in [0.1, 0.15) is 30.0 Å². The number of hydrogen-bond acceptors (Lipinski definition) is 4. The van der Waals surface area contributed by atoms with Crippen LogP contribution < -0.4 is 4.72 Å². The largest absolute Gasteiger partial charge is 0.468 e. The highest BCUT2D eigenvalue weighted by molar-refractivity contribution is 7.89. The number of furan rings is 1. The summed E-state index contributed by atoms with van der Waals surface area (Å²) in [5.41, 5.74) is 0.356. The first-order valence-electron chi connectivity index (χ1n) is 7.39. The van der Waals surface area contributed by atoms with E-state index in [-0.39, 0.29) is 17.3 Å². The van der Waals surface area contributed by atoms with Crippen LogP contribution in [0.25, 0.3) is 0 Å². The third kappa shape index (κ3) is 4.20. The number of hydrogen-bond donors (Lipinski definition) is 1. The highest BCUT2D eigenvalue weighted by Crippen LogP contribution is 2.14. The smallest absolute Gasteiger partial charge is 0.253 e. The summed E-state index contributed by atoms with van der Waals surface area (Å²) >= 11 is 0. The van der Waals surface area contributed by atoms with E-state index in [2.05, 4.69) is 4.72 Å². The molecule has 0 saturated heterocycles. The first kappa shape index (κ1) is 17.2. The summed E-state index contributed by atoms with van der Waals surface area (Å²) in [5, 5.41) is 0. The van der Waals surface area contributed by atoms with E-state index in [1.54, 1.807) is 29.2 Å². The van der Waals surface area contributed by atoms with E-state index in [0.29, 0.717) is 24.4 Å². The van der Waals surface area contributed by atoms with E-state index in [1.807, 2.05) is 13.8 Å². The zero-order chi connectivity index (χ0) is 16.9. The van der Waals surface area contributed by atoms with Crippen LogP contribution in [0.5, 0.6) is 0 Å². The number of sulfonamides is 1. The van der Waals surface area contributed by atoms with Crippen molar-refractivity contribution >= 4 is 15.9 Å². The normalized spacial score (nSPS) is 11.4. The summed E-state index contributed by atoms with van der Waals surface area (Å²) in [5.74, 6) is 0.335. The van der Waals surface area contributed by atoms with Crippen LogP contribution in [0.4, 0.5) is 0 Å². The minimum absolute atomic E-state index is 0.0575. The maximum atomic E-state index is 12.3. The van der Waals surface area contributed by atoms with Gasteiger partial charge >= 0.3 is 0 Å². The van der Waals surface area contributed by atoms with Crippen LogP contribution in [-0.4, -0.2) is 32.3 Å². The molecule has 0 spiro atoms. The predicted molar refractivity (Wildman–Crippen MR) is 86.4 cm³/mol. The number of amides is 1. The molecular weight excluding hydrogens is 316 g/mol. The molecule has 2 aromatic rings. The van der Waals surface area contributed by atoms with Gasteiger partial charge in [0.15, 0.2) is 0 Å². The van der Waals surface area contributed by atoms with E-state index in [1.165, 1.54) is 18.4 Å². The molecule has 124 valence electrons. The molecule has 0 radical (unpaired) electrons. The number of carbonyl (C=O) groups is 1. The Hall–Kier alpha value is -2.12. The van der Waals surface area contributed by atoms with Crippen molar-refractivity contribution in [2.45, 2.75) is 25.3 Å². The molecule has 1 aromatic carbocycles. The monoisotopic (exact) mass is 336 g/mol. The van der Waals surface area contributed by atoms with Gasteiger partial charge in [0.1, 0.15) is 5.76 Å². The van der Waals surface area contributed by atoms with E-state index in [0.717, 1.165) is 0 Å². The Morgan fingerprint density at radius 2 is 1.91 bits per heavy atom. The number of carbonyl (C=O) groups excluding carboxylic acids is 1. The van der Waals surface area contributed by atoms with Crippen LogP contribution in [0.15, 0.2) is 52.0 Å². The second kappa shape index (κ2) is 7.43. The molecule has 2 rings (SSSR count). The van der Waals surface area contributed by atoms with Gasteiger partial charge in [-0.15, -0.1) is 0 Å². The van der Waals surface area contributed by atoms with Gasteiger partial charge in [0, 0.05) is 18.7 Å². The molecule has 0 fully saturated rings. The van der Waals surface area contributed by atoms with Gasteiger partial charge in [0.2, 0.25) is 10.0 Å². The number of benzene rings is 1. The molecule has 1 amide bonds. The van der Waals surface area contributed by atoms with Crippen molar-refractivity contribution < 1.29 is 17.6 Å². The fraction of sp³-hybridized carbons (Fsp3) is 0.312. The lowest BCUT2D eigenvalue weighted by molar-refractivity contribution is 0.0772. The first-order chi connectivity index (χ1) is 11.0. The van der Waals surface area contributed by atoms with E-state index in [4.69, 9.17) is 4.42 Å². The SMILES string of the molecule is CCN(CC)C(=O)c1cccc(S(=O)(=O)NCc2ccco2)c1. The Labute approximate surface area is 136 Å². The summed E-state index contributed by atoms with van der Waals surface area (Å²) in [4.78, 5) is 14.0. The third-order valence-electron chi connectivity index (χ3n) is 3.46. The maximum Gasteiger partial charge on any atom is 0.253 e. The topological polar surface area (TPSA) is 79.6 Å². The van der Waals surface area contributed by atoms with Crippen molar-refractivity contribution in [3.05, 3.63) is 54.0 Å². The maximum absolute atomic E-state index is 12.3. The lowest BCUT2D eigenvalue weighted by Crippen LogP contribution is -2.30. The molecular formula is C16H20N2O4S. The molecule has 0 aliphatic rings. The Kier molecular flexibility index (Phi) is 5.57. The number of rotatable bonds is 7. The van der Waals surface area contributed by atoms with Gasteiger partial charge in [0.05, 0.1) is 17.7 Å². The van der Waals surface area contributed by atoms with Crippen LogP contribution in [-0.2, 0) is 16.6 Å². The van der Waals surface area contributed by atoms with Gasteiger partial charge in [-0.05, 0) is 44.2 Å². The van der Waals surface area contributed by atoms with Crippen molar-refractivity contribution in [3.63, 3.8) is 0 Å². The summed E-state index contributed by atoms with van der Waals surface area (Å²) in [6.45, 7) is 4.97. The number of nitrogens with one attached hydrogen (secondary N) is 1. The Morgan fingerprint density at radius 1 is 1.17 bits per heavy atom. The molecule has 1 aromatic heterocycles. The molecule has 0 atom stereocenters. The van der Waals surface area contributed by atoms with Crippen molar-refractivity contribution in [1.82, 2.24) is 9.62 Å². The Morgan fingerprint density at radius 3 is 2.52 bits per heavy atom. The number of nitrogens with zero attached hydrogens (tertiary/aromatic N) is 1. The predicted octanol–water partition coefficient (Wildman–Crippen LogP) is 2.24. The lowest BCUT2D eigenvalue weighted by Gasteiger charge is -2.18. The molecule has 0 aliphatic heterocycles. The zero-order valence-corrected chi connectivity index (χ0v) is 14.0. The molecule has 23 heavy (non-hydrogen) atoms. The first-order valence-corrected chi connectivity index (χ1v) is 8.87. The van der Waals surface area contributed by atoms with E-state index < -0.39 is 10.0 Å². The molecule has 6 nitrogen and oxygen atoms in total. The van der Waals surface area contributed by atoms with Crippen LogP contribution in [0, 0.1) is 0 Å². The molecule has 0 bridgehead atoms. The summed E-state index contributed by atoms with van der Waals surface area (Å²) in [7, 11) is -3.71. The molecule has 0 saturated carbocycles. The van der Waals surface area contributed by atoms with Crippen LogP contribution in [0.2, 0.25) is 0 Å². The van der Waals surface area contributed by atoms with Gasteiger partial charge in [0.25, 0.3) is 5.91 Å². The molecule has 1 N–H and O–H groups in total. The molecule has 0 unspecified atom stereocenters. The Bertz CT molecular complexity index is 750. The highest BCUT2D eigenvalue weighted by atomic mass is 32.2. The molecule has 0 aliphatic carbocycles. The van der Waals surface area contributed by atoms with Crippen LogP contribution >= 0.6 is 0 Å². The average Bonchev–Trinajstić information content (AvgIpc) is 3.08. The second-order valence-electron chi connectivity index (χ2n) is 4.91. The highest BCUT2D eigenvalue weighted by Gasteiger charge is 2.18. The summed E-state index contributed by atoms with van der Waals surface area (Å²) in [6.07, 6.45) is 1.48. The van der Waals surface area contributed by atoms with Gasteiger partial charge in [-0.1, -0.05) is 6.07 Å². The standard InChI is InChI=1S/C16H20N2O4S/c1-3-18(4-2)16(19)13-7-5-9-15(11-13)23(20,21)17-12-14-8-6-10-22-14/h5-11,17H,3-4,12H2,1-2H3. The lowest BCUT2D eigenvalue weighted by atomic mass is 10.2. The van der Waals surface area contributed by atoms with Crippen molar-refractivity contribution in [2.24, 2.45) is 0 Å². The minimum atomic E-state index is -3.71. The third-order valence-corrected chi connectivity index (χ3v) is 4.86. The van der Waals surface area contributed by atoms with Crippen LogP contribution in [0.3, 0.4) is 0 Å². The quantitative estimate of drug-likeness (QED) is 0.841. The summed E-state index contributed by atoms with van der Waals surface area (Å²) in [6, 6.07) is 9.41. The van der Waals surface area contributed by atoms with E-state index >= 15 is 0 Å². The molecule has 7 heteroatoms. The molecule has 1 heterocycles. The van der Waals surface area contributed by atoms with Crippen molar-refractivity contribution in [2.75, 3.05) is 13.1 Å². The fourth-order valence-corrected chi connectivity index (χ4v) is 3.19. The summed E-state index contributed by atoms with van der Waals surface area (Å²) < 4.78 is 32.2. The van der Waals surface area contributed by atoms with Gasteiger partial charge in [-0.25, -0.2) is 13.1 Å². The second-order valence-corrected chi connectivity index (χ2v) is 6.68. The zero-order valence-electron chi connectivity index (χ0n) is 13.2. The van der Waals surface area contributed by atoms with Gasteiger partial charge in [-0.3, -0.25) is 4.79 Å².